The molecule has 1 amide bonds. The molecule has 2 N–H and O–H groups in total. The molecule has 1 saturated heterocycles. The lowest BCUT2D eigenvalue weighted by Gasteiger charge is -2.42. The van der Waals surface area contributed by atoms with Crippen LogP contribution < -0.4 is 10.6 Å². The summed E-state index contributed by atoms with van der Waals surface area (Å²) in [4.78, 5) is 13.1. The summed E-state index contributed by atoms with van der Waals surface area (Å²) in [5.74, 6) is -0.0202. The van der Waals surface area contributed by atoms with Crippen LogP contribution in [0.15, 0.2) is 12.4 Å². The molecule has 0 bridgehead atoms. The third kappa shape index (κ3) is 1.13. The predicted molar refractivity (Wildman–Crippen MR) is 52.8 cm³/mol. The molecule has 0 radical (unpaired) electrons. The highest BCUT2D eigenvalue weighted by molar-refractivity contribution is 6.04. The summed E-state index contributed by atoms with van der Waals surface area (Å²) >= 11 is 0. The van der Waals surface area contributed by atoms with Gasteiger partial charge in [0.25, 0.3) is 0 Å². The topological polar surface area (TPSA) is 64.2 Å². The Balaban J connectivity index is 2.20. The van der Waals surface area contributed by atoms with Crippen molar-refractivity contribution in [1.29, 1.82) is 0 Å². The second-order valence-electron chi connectivity index (χ2n) is 3.53. The predicted octanol–water partition coefficient (Wildman–Crippen LogP) is -0.0346. The zero-order valence-corrected chi connectivity index (χ0v) is 8.34. The summed E-state index contributed by atoms with van der Waals surface area (Å²) in [6, 6.07) is -0.267. The molecule has 5 nitrogen and oxygen atoms in total. The second-order valence-corrected chi connectivity index (χ2v) is 3.53. The Morgan fingerprint density at radius 2 is 2.36 bits per heavy atom. The quantitative estimate of drug-likeness (QED) is 0.672. The number of anilines is 1. The standard InChI is InChI=1S/C9H14N4O/c1-3-12-5-7(4-11-12)13-6(2)8(10)9(13)14/h4-6,8H,3,10H2,1-2H3/t6-,8-/m0/s1. The fourth-order valence-electron chi connectivity index (χ4n) is 1.66. The summed E-state index contributed by atoms with van der Waals surface area (Å²) in [6.45, 7) is 4.75. The largest absolute Gasteiger partial charge is 0.318 e. The molecule has 0 aliphatic carbocycles. The zero-order chi connectivity index (χ0) is 10.3. The van der Waals surface area contributed by atoms with Crippen LogP contribution in [-0.2, 0) is 11.3 Å². The number of hydrogen-bond acceptors (Lipinski definition) is 3. The SMILES string of the molecule is CCn1cc(N2C(=O)[C@@H](N)[C@@H]2C)cn1. The fourth-order valence-corrected chi connectivity index (χ4v) is 1.66. The minimum absolute atomic E-state index is 0.0202. The van der Waals surface area contributed by atoms with Crippen LogP contribution in [0, 0.1) is 0 Å². The van der Waals surface area contributed by atoms with Gasteiger partial charge in [-0.05, 0) is 13.8 Å². The van der Waals surface area contributed by atoms with E-state index in [0.717, 1.165) is 12.2 Å². The van der Waals surface area contributed by atoms with Gasteiger partial charge in [0.1, 0.15) is 6.04 Å². The summed E-state index contributed by atoms with van der Waals surface area (Å²) in [5, 5.41) is 4.11. The van der Waals surface area contributed by atoms with Gasteiger partial charge in [-0.25, -0.2) is 0 Å². The Labute approximate surface area is 82.5 Å². The lowest BCUT2D eigenvalue weighted by molar-refractivity contribution is -0.125. The van der Waals surface area contributed by atoms with Crippen molar-refractivity contribution < 1.29 is 4.79 Å². The molecule has 2 rings (SSSR count). The normalized spacial score (nSPS) is 26.5. The summed E-state index contributed by atoms with van der Waals surface area (Å²) in [5.41, 5.74) is 6.45. The lowest BCUT2D eigenvalue weighted by atomic mass is 9.97. The highest BCUT2D eigenvalue weighted by Gasteiger charge is 2.42. The maximum absolute atomic E-state index is 11.4. The molecular weight excluding hydrogens is 180 g/mol. The number of nitrogens with two attached hydrogens (primary N) is 1. The van der Waals surface area contributed by atoms with Gasteiger partial charge in [0, 0.05) is 12.7 Å². The molecule has 1 fully saturated rings. The van der Waals surface area contributed by atoms with Crippen LogP contribution in [0.25, 0.3) is 0 Å². The first-order chi connectivity index (χ1) is 6.65. The van der Waals surface area contributed by atoms with E-state index in [1.54, 1.807) is 15.8 Å². The molecule has 0 saturated carbocycles. The third-order valence-corrected chi connectivity index (χ3v) is 2.67. The van der Waals surface area contributed by atoms with Gasteiger partial charge >= 0.3 is 0 Å². The first kappa shape index (κ1) is 9.21. The van der Waals surface area contributed by atoms with E-state index in [1.807, 2.05) is 20.0 Å². The van der Waals surface area contributed by atoms with Gasteiger partial charge in [0.15, 0.2) is 0 Å². The van der Waals surface area contributed by atoms with E-state index in [1.165, 1.54) is 0 Å². The zero-order valence-electron chi connectivity index (χ0n) is 8.34. The van der Waals surface area contributed by atoms with Gasteiger partial charge in [-0.1, -0.05) is 0 Å². The number of aromatic nitrogens is 2. The van der Waals surface area contributed by atoms with E-state index < -0.39 is 0 Å². The average Bonchev–Trinajstić information content (AvgIpc) is 2.66. The molecule has 2 heterocycles. The molecular formula is C9H14N4O. The summed E-state index contributed by atoms with van der Waals surface area (Å²) in [6.07, 6.45) is 3.56. The molecule has 0 spiro atoms. The minimum atomic E-state index is -0.347. The monoisotopic (exact) mass is 194 g/mol. The number of β-lactam (4-membered cyclic amide) rings is 1. The Kier molecular flexibility index (Phi) is 2.03. The van der Waals surface area contributed by atoms with Gasteiger partial charge in [0.05, 0.1) is 17.9 Å². The van der Waals surface area contributed by atoms with Crippen LogP contribution in [0.1, 0.15) is 13.8 Å². The smallest absolute Gasteiger partial charge is 0.246 e. The van der Waals surface area contributed by atoms with Crippen LogP contribution in [0.5, 0.6) is 0 Å². The van der Waals surface area contributed by atoms with E-state index in [9.17, 15) is 4.79 Å². The number of aryl methyl sites for hydroxylation is 1. The molecule has 0 aromatic carbocycles. The summed E-state index contributed by atoms with van der Waals surface area (Å²) < 4.78 is 1.79. The number of hydrogen-bond donors (Lipinski definition) is 1. The Morgan fingerprint density at radius 3 is 2.86 bits per heavy atom. The van der Waals surface area contributed by atoms with Crippen LogP contribution in [0.3, 0.4) is 0 Å². The van der Waals surface area contributed by atoms with Crippen LogP contribution in [0.2, 0.25) is 0 Å². The molecule has 0 unspecified atom stereocenters. The molecule has 1 aromatic heterocycles. The van der Waals surface area contributed by atoms with Crippen molar-refractivity contribution in [1.82, 2.24) is 9.78 Å². The van der Waals surface area contributed by atoms with E-state index in [2.05, 4.69) is 5.10 Å². The highest BCUT2D eigenvalue weighted by atomic mass is 16.2. The van der Waals surface area contributed by atoms with Crippen molar-refractivity contribution >= 4 is 11.6 Å². The van der Waals surface area contributed by atoms with E-state index in [-0.39, 0.29) is 18.0 Å². The second kappa shape index (κ2) is 3.09. The van der Waals surface area contributed by atoms with Gasteiger partial charge in [-0.2, -0.15) is 5.10 Å². The molecule has 2 atom stereocenters. The van der Waals surface area contributed by atoms with E-state index >= 15 is 0 Å². The molecule has 1 aromatic rings. The minimum Gasteiger partial charge on any atom is -0.318 e. The van der Waals surface area contributed by atoms with Crippen molar-refractivity contribution in [3.8, 4) is 0 Å². The van der Waals surface area contributed by atoms with E-state index in [0.29, 0.717) is 0 Å². The van der Waals surface area contributed by atoms with Gasteiger partial charge in [-0.15, -0.1) is 0 Å². The van der Waals surface area contributed by atoms with Crippen LogP contribution in [-0.4, -0.2) is 27.8 Å². The first-order valence-electron chi connectivity index (χ1n) is 4.76. The lowest BCUT2D eigenvalue weighted by Crippen LogP contribution is -2.67. The molecule has 5 heteroatoms. The van der Waals surface area contributed by atoms with Crippen molar-refractivity contribution in [2.45, 2.75) is 32.5 Å². The first-order valence-corrected chi connectivity index (χ1v) is 4.76. The fraction of sp³-hybridized carbons (Fsp3) is 0.556. The Bertz CT molecular complexity index is 359. The van der Waals surface area contributed by atoms with E-state index in [4.69, 9.17) is 5.73 Å². The van der Waals surface area contributed by atoms with Crippen molar-refractivity contribution in [3.63, 3.8) is 0 Å². The molecule has 14 heavy (non-hydrogen) atoms. The number of amides is 1. The third-order valence-electron chi connectivity index (χ3n) is 2.67. The molecule has 1 aliphatic heterocycles. The number of rotatable bonds is 2. The Morgan fingerprint density at radius 1 is 1.64 bits per heavy atom. The molecule has 76 valence electrons. The van der Waals surface area contributed by atoms with Crippen molar-refractivity contribution in [3.05, 3.63) is 12.4 Å². The van der Waals surface area contributed by atoms with Gasteiger partial charge in [-0.3, -0.25) is 9.48 Å². The number of carbonyl (C=O) groups is 1. The number of nitrogens with zero attached hydrogens (tertiary/aromatic N) is 3. The van der Waals surface area contributed by atoms with Crippen LogP contribution in [0.4, 0.5) is 5.69 Å². The van der Waals surface area contributed by atoms with Crippen LogP contribution >= 0.6 is 0 Å². The Hall–Kier alpha value is -1.36. The van der Waals surface area contributed by atoms with Gasteiger partial charge < -0.3 is 10.6 Å². The molecule has 1 aliphatic rings. The van der Waals surface area contributed by atoms with Crippen molar-refractivity contribution in [2.75, 3.05) is 4.90 Å². The summed E-state index contributed by atoms with van der Waals surface area (Å²) in [7, 11) is 0. The highest BCUT2D eigenvalue weighted by Crippen LogP contribution is 2.26. The maximum Gasteiger partial charge on any atom is 0.246 e. The van der Waals surface area contributed by atoms with Crippen molar-refractivity contribution in [2.24, 2.45) is 5.73 Å². The van der Waals surface area contributed by atoms with Gasteiger partial charge in [0.2, 0.25) is 5.91 Å². The average molecular weight is 194 g/mol. The number of carbonyl (C=O) groups excluding carboxylic acids is 1. The maximum atomic E-state index is 11.4.